The Morgan fingerprint density at radius 1 is 0.608 bits per heavy atom. The van der Waals surface area contributed by atoms with E-state index in [4.69, 9.17) is 6.57 Å². The first-order valence-corrected chi connectivity index (χ1v) is 16.8. The summed E-state index contributed by atoms with van der Waals surface area (Å²) in [5, 5.41) is 11.6. The molecule has 0 N–H and O–H groups in total. The predicted molar refractivity (Wildman–Crippen MR) is 204 cm³/mol. The van der Waals surface area contributed by atoms with Gasteiger partial charge in [0.15, 0.2) is 5.69 Å². The van der Waals surface area contributed by atoms with E-state index in [0.717, 1.165) is 71.9 Å². The van der Waals surface area contributed by atoms with Crippen LogP contribution in [0, 0.1) is 52.5 Å². The second-order valence-corrected chi connectivity index (χ2v) is 13.4. The van der Waals surface area contributed by atoms with Crippen molar-refractivity contribution in [3.63, 3.8) is 0 Å². The first-order valence-electron chi connectivity index (χ1n) is 16.8. The first kappa shape index (κ1) is 31.5. The Morgan fingerprint density at radius 2 is 1.18 bits per heavy atom. The molecular weight excluding hydrogens is 629 g/mol. The number of carbonyl (C=O) groups excluding carboxylic acids is 2. The molecular formula is C45H32N4O2. The summed E-state index contributed by atoms with van der Waals surface area (Å²) < 4.78 is 2.11. The van der Waals surface area contributed by atoms with Crippen molar-refractivity contribution < 1.29 is 9.59 Å². The van der Waals surface area contributed by atoms with Gasteiger partial charge in [0.1, 0.15) is 0 Å². The first-order chi connectivity index (χ1) is 24.6. The number of carbonyl (C=O) groups is 2. The maximum atomic E-state index is 14.6. The van der Waals surface area contributed by atoms with E-state index in [-0.39, 0.29) is 11.8 Å². The highest BCUT2D eigenvalue weighted by Crippen LogP contribution is 2.46. The predicted octanol–water partition coefficient (Wildman–Crippen LogP) is 10.9. The Kier molecular flexibility index (Phi) is 7.22. The molecule has 0 unspecified atom stereocenters. The van der Waals surface area contributed by atoms with E-state index in [0.29, 0.717) is 33.8 Å². The number of benzene rings is 6. The lowest BCUT2D eigenvalue weighted by molar-refractivity contribution is 0.0925. The largest absolute Gasteiger partial charge is 0.308 e. The maximum absolute atomic E-state index is 14.6. The van der Waals surface area contributed by atoms with Crippen molar-refractivity contribution in [1.82, 2.24) is 4.57 Å². The third-order valence-corrected chi connectivity index (χ3v) is 10.1. The molecule has 0 fully saturated rings. The van der Waals surface area contributed by atoms with Crippen LogP contribution in [0.5, 0.6) is 0 Å². The number of hydrogen-bond acceptors (Lipinski definition) is 3. The number of aryl methyl sites for hydroxylation is 5. The van der Waals surface area contributed by atoms with Crippen molar-refractivity contribution in [2.75, 3.05) is 4.90 Å². The molecule has 6 nitrogen and oxygen atoms in total. The van der Waals surface area contributed by atoms with Crippen LogP contribution in [0.2, 0.25) is 0 Å². The lowest BCUT2D eigenvalue weighted by Crippen LogP contribution is -2.31. The van der Waals surface area contributed by atoms with Gasteiger partial charge < -0.3 is 4.57 Å². The lowest BCUT2D eigenvalue weighted by atomic mass is 9.91. The van der Waals surface area contributed by atoms with Gasteiger partial charge in [0.25, 0.3) is 11.8 Å². The van der Waals surface area contributed by atoms with Crippen molar-refractivity contribution >= 4 is 45.0 Å². The van der Waals surface area contributed by atoms with Gasteiger partial charge in [0.2, 0.25) is 0 Å². The van der Waals surface area contributed by atoms with Crippen LogP contribution in [-0.4, -0.2) is 16.4 Å². The molecule has 0 spiro atoms. The third-order valence-electron chi connectivity index (χ3n) is 10.1. The summed E-state index contributed by atoms with van der Waals surface area (Å²) >= 11 is 0. The van der Waals surface area contributed by atoms with Gasteiger partial charge in [-0.1, -0.05) is 77.9 Å². The van der Waals surface area contributed by atoms with Crippen LogP contribution in [0.1, 0.15) is 54.1 Å². The van der Waals surface area contributed by atoms with Crippen LogP contribution in [0.25, 0.3) is 54.6 Å². The highest BCUT2D eigenvalue weighted by Gasteiger charge is 2.40. The molecule has 0 radical (unpaired) electrons. The van der Waals surface area contributed by atoms with Crippen molar-refractivity contribution in [2.24, 2.45) is 0 Å². The van der Waals surface area contributed by atoms with Gasteiger partial charge >= 0.3 is 0 Å². The van der Waals surface area contributed by atoms with Crippen LogP contribution < -0.4 is 4.90 Å². The maximum Gasteiger partial charge on any atom is 0.268 e. The van der Waals surface area contributed by atoms with E-state index in [1.807, 2.05) is 107 Å². The molecule has 6 heteroatoms. The molecule has 0 saturated heterocycles. The van der Waals surface area contributed by atoms with Crippen LogP contribution in [-0.2, 0) is 0 Å². The average molecular weight is 661 g/mol. The topological polar surface area (TPSA) is 70.5 Å². The smallest absolute Gasteiger partial charge is 0.268 e. The Bertz CT molecular complexity index is 2630. The molecule has 1 aromatic heterocycles. The Hall–Kier alpha value is -6.76. The van der Waals surface area contributed by atoms with Crippen molar-refractivity contribution in [1.29, 1.82) is 5.26 Å². The van der Waals surface area contributed by atoms with Crippen molar-refractivity contribution in [2.45, 2.75) is 34.6 Å². The summed E-state index contributed by atoms with van der Waals surface area (Å²) in [6, 6.07) is 35.6. The molecule has 1 aliphatic rings. The highest BCUT2D eigenvalue weighted by molar-refractivity contribution is 6.36. The summed E-state index contributed by atoms with van der Waals surface area (Å²) in [5.74, 6) is -0.686. The van der Waals surface area contributed by atoms with E-state index in [2.05, 4.69) is 39.7 Å². The van der Waals surface area contributed by atoms with E-state index >= 15 is 0 Å². The normalized spacial score (nSPS) is 12.4. The molecule has 51 heavy (non-hydrogen) atoms. The number of nitriles is 1. The van der Waals surface area contributed by atoms with Gasteiger partial charge in [-0.05, 0) is 110 Å². The molecule has 244 valence electrons. The summed E-state index contributed by atoms with van der Waals surface area (Å²) in [6.07, 6.45) is 0. The fraction of sp³-hybridized carbons (Fsp3) is 0.111. The van der Waals surface area contributed by atoms with Gasteiger partial charge in [-0.25, -0.2) is 9.74 Å². The van der Waals surface area contributed by atoms with E-state index < -0.39 is 0 Å². The summed E-state index contributed by atoms with van der Waals surface area (Å²) in [7, 11) is 0. The van der Waals surface area contributed by atoms with Crippen molar-refractivity contribution in [3.05, 3.63) is 159 Å². The quantitative estimate of drug-likeness (QED) is 0.139. The number of aromatic nitrogens is 1. The second kappa shape index (κ2) is 11.7. The highest BCUT2D eigenvalue weighted by atomic mass is 16.2. The minimum atomic E-state index is -0.350. The molecule has 2 amide bonds. The van der Waals surface area contributed by atoms with Gasteiger partial charge in [-0.15, -0.1) is 0 Å². The van der Waals surface area contributed by atoms with Crippen LogP contribution >= 0.6 is 0 Å². The van der Waals surface area contributed by atoms with Crippen molar-refractivity contribution in [3.8, 4) is 34.0 Å². The molecule has 7 aromatic rings. The number of rotatable bonds is 4. The Morgan fingerprint density at radius 3 is 1.75 bits per heavy atom. The molecule has 0 atom stereocenters. The van der Waals surface area contributed by atoms with Gasteiger partial charge in [-0.2, -0.15) is 5.26 Å². The molecule has 6 aromatic carbocycles. The Balaban J connectivity index is 1.47. The van der Waals surface area contributed by atoms with E-state index in [1.54, 1.807) is 6.07 Å². The molecule has 1 aliphatic heterocycles. The van der Waals surface area contributed by atoms with Gasteiger partial charge in [0.05, 0.1) is 51.7 Å². The summed E-state index contributed by atoms with van der Waals surface area (Å²) in [6.45, 7) is 17.5. The van der Waals surface area contributed by atoms with Gasteiger partial charge in [-0.3, -0.25) is 9.59 Å². The number of anilines is 1. The molecule has 0 bridgehead atoms. The fourth-order valence-electron chi connectivity index (χ4n) is 8.05. The zero-order valence-electron chi connectivity index (χ0n) is 28.9. The van der Waals surface area contributed by atoms with Crippen LogP contribution in [0.15, 0.2) is 103 Å². The van der Waals surface area contributed by atoms with E-state index in [9.17, 15) is 14.9 Å². The zero-order chi connectivity index (χ0) is 35.7. The number of amides is 2. The zero-order valence-corrected chi connectivity index (χ0v) is 28.9. The number of nitrogens with zero attached hydrogens (tertiary/aromatic N) is 4. The molecule has 0 saturated carbocycles. The standard InChI is InChI=1S/C45H32N4O2/c1-25-20-28(4)43(29(5)21-25)49-44(50)36-12-9-15-39(42(36)45(49)51)48-37-13-7-10-34(32-18-16-30(24-46)22-26(32)2)40(37)41-35(11-8-14-38(41)48)33-19-17-31(47-6)23-27(33)3/h7-23H,1-5H3. The minimum Gasteiger partial charge on any atom is -0.308 e. The number of fused-ring (bicyclic) bond motifs is 4. The second-order valence-electron chi connectivity index (χ2n) is 13.4. The lowest BCUT2D eigenvalue weighted by Gasteiger charge is -2.20. The summed E-state index contributed by atoms with van der Waals surface area (Å²) in [4.78, 5) is 33.8. The summed E-state index contributed by atoms with van der Waals surface area (Å²) in [5.41, 5.74) is 13.6. The molecule has 2 heterocycles. The Labute approximate surface area is 296 Å². The average Bonchev–Trinajstić information content (AvgIpc) is 3.59. The number of hydrogen-bond donors (Lipinski definition) is 0. The SMILES string of the molecule is [C-]#[N+]c1ccc(-c2cccc3c2c2c(-c4ccc(C#N)cc4C)cccc2n3-c2cccc3c2C(=O)N(c2c(C)cc(C)cc2C)C3=O)c(C)c1. The third kappa shape index (κ3) is 4.69. The van der Waals surface area contributed by atoms with Crippen LogP contribution in [0.3, 0.4) is 0 Å². The van der Waals surface area contributed by atoms with E-state index in [1.165, 1.54) is 4.90 Å². The molecule has 8 rings (SSSR count). The fourth-order valence-corrected chi connectivity index (χ4v) is 8.05. The molecule has 0 aliphatic carbocycles. The van der Waals surface area contributed by atoms with Gasteiger partial charge in [0, 0.05) is 10.8 Å². The number of imide groups is 1. The van der Waals surface area contributed by atoms with Crippen LogP contribution in [0.4, 0.5) is 11.4 Å². The monoisotopic (exact) mass is 660 g/mol. The minimum absolute atomic E-state index is 0.335.